The van der Waals surface area contributed by atoms with Crippen LogP contribution in [0, 0.1) is 5.95 Å². The van der Waals surface area contributed by atoms with Gasteiger partial charge < -0.3 is 5.32 Å². The molecule has 1 aliphatic rings. The smallest absolute Gasteiger partial charge is 0.236 e. The summed E-state index contributed by atoms with van der Waals surface area (Å²) in [5.41, 5.74) is 1.64. The molecule has 1 aromatic rings. The highest BCUT2D eigenvalue weighted by atomic mass is 19.1. The molecule has 0 aromatic carbocycles. The van der Waals surface area contributed by atoms with E-state index in [1.807, 2.05) is 6.07 Å². The Kier molecular flexibility index (Phi) is 1.49. The average Bonchev–Trinajstić information content (AvgIpc) is 2.06. The Balaban J connectivity index is 2.49. The number of hydrogen-bond acceptors (Lipinski definition) is 2. The van der Waals surface area contributed by atoms with E-state index in [1.165, 1.54) is 6.20 Å². The zero-order chi connectivity index (χ0) is 7.68. The predicted octanol–water partition coefficient (Wildman–Crippen LogP) is 1.58. The van der Waals surface area contributed by atoms with Crippen molar-refractivity contribution in [3.8, 4) is 0 Å². The van der Waals surface area contributed by atoms with Crippen LogP contribution in [0.5, 0.6) is 0 Å². The second kappa shape index (κ2) is 2.49. The third-order valence-corrected chi connectivity index (χ3v) is 1.92. The molecule has 58 valence electrons. The van der Waals surface area contributed by atoms with Gasteiger partial charge in [0.25, 0.3) is 0 Å². The Morgan fingerprint density at radius 2 is 2.45 bits per heavy atom. The van der Waals surface area contributed by atoms with Crippen molar-refractivity contribution in [3.63, 3.8) is 0 Å². The molecule has 3 heteroatoms. The van der Waals surface area contributed by atoms with Gasteiger partial charge in [0.15, 0.2) is 0 Å². The average molecular weight is 152 g/mol. The molecule has 0 radical (unpaired) electrons. The van der Waals surface area contributed by atoms with Crippen LogP contribution >= 0.6 is 0 Å². The lowest BCUT2D eigenvalue weighted by atomic mass is 10.1. The van der Waals surface area contributed by atoms with E-state index in [1.54, 1.807) is 0 Å². The fourth-order valence-corrected chi connectivity index (χ4v) is 1.36. The van der Waals surface area contributed by atoms with Crippen LogP contribution in [0.25, 0.3) is 0 Å². The Hall–Kier alpha value is -1.12. The predicted molar refractivity (Wildman–Crippen MR) is 41.0 cm³/mol. The summed E-state index contributed by atoms with van der Waals surface area (Å²) in [5.74, 6) is -0.373. The minimum Gasteiger partial charge on any atom is -0.381 e. The summed E-state index contributed by atoms with van der Waals surface area (Å²) in [5, 5.41) is 2.99. The molecular weight excluding hydrogens is 143 g/mol. The van der Waals surface area contributed by atoms with Crippen molar-refractivity contribution >= 4 is 5.69 Å². The Labute approximate surface area is 64.5 Å². The summed E-state index contributed by atoms with van der Waals surface area (Å²) in [4.78, 5) is 3.56. The second-order valence-corrected chi connectivity index (χ2v) is 2.67. The molecule has 0 aliphatic carbocycles. The number of pyridine rings is 1. The maximum absolute atomic E-state index is 12.9. The van der Waals surface area contributed by atoms with Gasteiger partial charge >= 0.3 is 0 Å². The summed E-state index contributed by atoms with van der Waals surface area (Å²) in [6.45, 7) is 0.857. The van der Waals surface area contributed by atoms with Crippen molar-refractivity contribution in [1.29, 1.82) is 0 Å². The number of aryl methyl sites for hydroxylation is 1. The molecule has 1 N–H and O–H groups in total. The molecule has 0 atom stereocenters. The molecule has 2 nitrogen and oxygen atoms in total. The molecular formula is C8H9FN2. The van der Waals surface area contributed by atoms with Crippen molar-refractivity contribution in [3.05, 3.63) is 23.8 Å². The fourth-order valence-electron chi connectivity index (χ4n) is 1.36. The number of hydrogen-bond donors (Lipinski definition) is 1. The van der Waals surface area contributed by atoms with E-state index >= 15 is 0 Å². The van der Waals surface area contributed by atoms with Crippen molar-refractivity contribution in [2.45, 2.75) is 12.8 Å². The van der Waals surface area contributed by atoms with Crippen LogP contribution < -0.4 is 5.32 Å². The standard InChI is InChI=1S/C8H9FN2/c9-8-7-6(3-5-11-8)2-1-4-10-7/h3,5,10H,1-2,4H2. The largest absolute Gasteiger partial charge is 0.381 e. The molecule has 0 spiro atoms. The molecule has 2 heterocycles. The lowest BCUT2D eigenvalue weighted by Crippen LogP contribution is -2.13. The highest BCUT2D eigenvalue weighted by Crippen LogP contribution is 2.22. The summed E-state index contributed by atoms with van der Waals surface area (Å²) < 4.78 is 12.9. The lowest BCUT2D eigenvalue weighted by molar-refractivity contribution is 0.580. The van der Waals surface area contributed by atoms with Crippen molar-refractivity contribution in [2.75, 3.05) is 11.9 Å². The Morgan fingerprint density at radius 3 is 3.27 bits per heavy atom. The molecule has 1 aliphatic heterocycles. The number of nitrogens with zero attached hydrogens (tertiary/aromatic N) is 1. The number of anilines is 1. The first-order chi connectivity index (χ1) is 5.38. The van der Waals surface area contributed by atoms with Gasteiger partial charge in [-0.15, -0.1) is 0 Å². The zero-order valence-electron chi connectivity index (χ0n) is 6.10. The first-order valence-corrected chi connectivity index (χ1v) is 3.75. The molecule has 2 rings (SSSR count). The SMILES string of the molecule is Fc1nccc2c1NCCC2. The van der Waals surface area contributed by atoms with Gasteiger partial charge in [-0.3, -0.25) is 0 Å². The van der Waals surface area contributed by atoms with E-state index in [4.69, 9.17) is 0 Å². The molecule has 0 saturated heterocycles. The van der Waals surface area contributed by atoms with Crippen LogP contribution in [0.1, 0.15) is 12.0 Å². The van der Waals surface area contributed by atoms with E-state index in [0.717, 1.165) is 24.9 Å². The topological polar surface area (TPSA) is 24.9 Å². The van der Waals surface area contributed by atoms with Gasteiger partial charge in [-0.25, -0.2) is 4.98 Å². The summed E-state index contributed by atoms with van der Waals surface area (Å²) in [6, 6.07) is 1.87. The van der Waals surface area contributed by atoms with E-state index in [9.17, 15) is 4.39 Å². The first-order valence-electron chi connectivity index (χ1n) is 3.75. The van der Waals surface area contributed by atoms with Crippen LogP contribution in [0.3, 0.4) is 0 Å². The number of halogens is 1. The maximum Gasteiger partial charge on any atom is 0.236 e. The van der Waals surface area contributed by atoms with Gasteiger partial charge in [-0.2, -0.15) is 4.39 Å². The zero-order valence-corrected chi connectivity index (χ0v) is 6.10. The number of aromatic nitrogens is 1. The third-order valence-electron chi connectivity index (χ3n) is 1.92. The summed E-state index contributed by atoms with van der Waals surface area (Å²) >= 11 is 0. The normalized spacial score (nSPS) is 15.4. The van der Waals surface area contributed by atoms with Gasteiger partial charge in [0, 0.05) is 12.7 Å². The highest BCUT2D eigenvalue weighted by molar-refractivity contribution is 5.51. The van der Waals surface area contributed by atoms with Gasteiger partial charge in [0.1, 0.15) is 0 Å². The fraction of sp³-hybridized carbons (Fsp3) is 0.375. The lowest BCUT2D eigenvalue weighted by Gasteiger charge is -2.16. The Bertz CT molecular complexity index is 273. The van der Waals surface area contributed by atoms with E-state index in [-0.39, 0.29) is 5.95 Å². The van der Waals surface area contributed by atoms with Gasteiger partial charge in [-0.05, 0) is 24.5 Å². The molecule has 0 amide bonds. The van der Waals surface area contributed by atoms with E-state index < -0.39 is 0 Å². The molecule has 0 unspecified atom stereocenters. The van der Waals surface area contributed by atoms with Crippen molar-refractivity contribution in [2.24, 2.45) is 0 Å². The van der Waals surface area contributed by atoms with Gasteiger partial charge in [0.2, 0.25) is 5.95 Å². The quantitative estimate of drug-likeness (QED) is 0.571. The molecule has 0 bridgehead atoms. The van der Waals surface area contributed by atoms with E-state index in [2.05, 4.69) is 10.3 Å². The Morgan fingerprint density at radius 1 is 1.55 bits per heavy atom. The van der Waals surface area contributed by atoms with Crippen molar-refractivity contribution in [1.82, 2.24) is 4.98 Å². The maximum atomic E-state index is 12.9. The van der Waals surface area contributed by atoms with Crippen molar-refractivity contribution < 1.29 is 4.39 Å². The van der Waals surface area contributed by atoms with E-state index in [0.29, 0.717) is 5.69 Å². The number of nitrogens with one attached hydrogen (secondary N) is 1. The summed E-state index contributed by atoms with van der Waals surface area (Å²) in [6.07, 6.45) is 3.55. The second-order valence-electron chi connectivity index (χ2n) is 2.67. The molecule has 1 aromatic heterocycles. The summed E-state index contributed by atoms with van der Waals surface area (Å²) in [7, 11) is 0. The van der Waals surface area contributed by atoms with Crippen LogP contribution in [0.15, 0.2) is 12.3 Å². The van der Waals surface area contributed by atoms with Crippen LogP contribution in [-0.4, -0.2) is 11.5 Å². The first kappa shape index (κ1) is 6.58. The molecule has 0 fully saturated rings. The van der Waals surface area contributed by atoms with Crippen LogP contribution in [0.2, 0.25) is 0 Å². The minimum absolute atomic E-state index is 0.373. The molecule has 11 heavy (non-hydrogen) atoms. The highest BCUT2D eigenvalue weighted by Gasteiger charge is 2.12. The van der Waals surface area contributed by atoms with Gasteiger partial charge in [-0.1, -0.05) is 0 Å². The molecule has 0 saturated carbocycles. The monoisotopic (exact) mass is 152 g/mol. The minimum atomic E-state index is -0.373. The van der Waals surface area contributed by atoms with Crippen LogP contribution in [0.4, 0.5) is 10.1 Å². The van der Waals surface area contributed by atoms with Crippen LogP contribution in [-0.2, 0) is 6.42 Å². The number of fused-ring (bicyclic) bond motifs is 1. The third kappa shape index (κ3) is 1.06. The van der Waals surface area contributed by atoms with Gasteiger partial charge in [0.05, 0.1) is 5.69 Å². The number of rotatable bonds is 0.